The van der Waals surface area contributed by atoms with Gasteiger partial charge in [0.2, 0.25) is 0 Å². The van der Waals surface area contributed by atoms with E-state index < -0.39 is 0 Å². The molecule has 0 saturated heterocycles. The van der Waals surface area contributed by atoms with Gasteiger partial charge >= 0.3 is 11.9 Å². The van der Waals surface area contributed by atoms with Gasteiger partial charge in [-0.25, -0.2) is 0 Å². The molecule has 0 bridgehead atoms. The Hall–Kier alpha value is -1.06. The summed E-state index contributed by atoms with van der Waals surface area (Å²) in [6.45, 7) is 4.41. The second kappa shape index (κ2) is 20.2. The Morgan fingerprint density at radius 3 is 1.34 bits per heavy atom. The Balaban J connectivity index is 3.33. The van der Waals surface area contributed by atoms with Gasteiger partial charge in [0.15, 0.2) is 0 Å². The lowest BCUT2D eigenvalue weighted by Crippen LogP contribution is -2.15. The largest absolute Gasteiger partial charge is 0.469 e. The minimum absolute atomic E-state index is 0.0673. The van der Waals surface area contributed by atoms with E-state index in [0.29, 0.717) is 24.7 Å². The third kappa shape index (κ3) is 18.7. The van der Waals surface area contributed by atoms with Crippen molar-refractivity contribution in [2.75, 3.05) is 14.2 Å². The lowest BCUT2D eigenvalue weighted by Gasteiger charge is -2.19. The molecular weight excluding hydrogens is 364 g/mol. The Labute approximate surface area is 180 Å². The van der Waals surface area contributed by atoms with E-state index in [4.69, 9.17) is 4.74 Å². The predicted molar refractivity (Wildman–Crippen MR) is 121 cm³/mol. The summed E-state index contributed by atoms with van der Waals surface area (Å²) in [5, 5.41) is 0. The molecule has 4 nitrogen and oxygen atoms in total. The van der Waals surface area contributed by atoms with E-state index in [1.807, 2.05) is 0 Å². The number of hydrogen-bond donors (Lipinski definition) is 0. The maximum absolute atomic E-state index is 11.5. The maximum Gasteiger partial charge on any atom is 0.305 e. The molecular formula is C25H48O4. The molecule has 1 atom stereocenters. The zero-order chi connectivity index (χ0) is 21.7. The molecule has 172 valence electrons. The van der Waals surface area contributed by atoms with E-state index in [0.717, 1.165) is 19.3 Å². The van der Waals surface area contributed by atoms with E-state index in [1.165, 1.54) is 91.3 Å². The molecule has 0 aliphatic carbocycles. The van der Waals surface area contributed by atoms with Crippen LogP contribution in [0.1, 0.15) is 123 Å². The van der Waals surface area contributed by atoms with Crippen LogP contribution in [0.5, 0.6) is 0 Å². The normalized spacial score (nSPS) is 12.2. The molecule has 0 fully saturated rings. The molecule has 0 N–H and O–H groups in total. The van der Waals surface area contributed by atoms with Crippen LogP contribution < -0.4 is 0 Å². The molecule has 0 saturated carbocycles. The number of carbonyl (C=O) groups is 2. The Bertz CT molecular complexity index is 392. The molecule has 0 aromatic heterocycles. The lowest BCUT2D eigenvalue weighted by atomic mass is 9.87. The summed E-state index contributed by atoms with van der Waals surface area (Å²) in [4.78, 5) is 22.5. The summed E-state index contributed by atoms with van der Waals surface area (Å²) in [5.41, 5.74) is 0. The first kappa shape index (κ1) is 27.9. The monoisotopic (exact) mass is 412 g/mol. The highest BCUT2D eigenvalue weighted by atomic mass is 16.5. The van der Waals surface area contributed by atoms with Crippen molar-refractivity contribution in [1.82, 2.24) is 0 Å². The summed E-state index contributed by atoms with van der Waals surface area (Å²) < 4.78 is 9.47. The van der Waals surface area contributed by atoms with Gasteiger partial charge in [-0.15, -0.1) is 0 Å². The van der Waals surface area contributed by atoms with Crippen LogP contribution in [0.15, 0.2) is 0 Å². The number of methoxy groups -OCH3 is 2. The molecule has 0 aromatic carbocycles. The molecule has 0 radical (unpaired) electrons. The molecule has 0 spiro atoms. The maximum atomic E-state index is 11.5. The van der Waals surface area contributed by atoms with Crippen LogP contribution in [0, 0.1) is 11.8 Å². The van der Waals surface area contributed by atoms with Crippen molar-refractivity contribution in [1.29, 1.82) is 0 Å². The second-order valence-corrected chi connectivity index (χ2v) is 8.85. The van der Waals surface area contributed by atoms with Crippen molar-refractivity contribution < 1.29 is 19.1 Å². The Kier molecular flexibility index (Phi) is 19.5. The first-order chi connectivity index (χ1) is 14.0. The average molecular weight is 413 g/mol. The topological polar surface area (TPSA) is 52.6 Å². The zero-order valence-corrected chi connectivity index (χ0v) is 19.8. The van der Waals surface area contributed by atoms with E-state index in [-0.39, 0.29) is 11.9 Å². The first-order valence-corrected chi connectivity index (χ1v) is 12.1. The van der Waals surface area contributed by atoms with Crippen LogP contribution >= 0.6 is 0 Å². The van der Waals surface area contributed by atoms with Crippen molar-refractivity contribution in [3.63, 3.8) is 0 Å². The lowest BCUT2D eigenvalue weighted by molar-refractivity contribution is -0.142. The van der Waals surface area contributed by atoms with Crippen LogP contribution in [0.2, 0.25) is 0 Å². The highest BCUT2D eigenvalue weighted by molar-refractivity contribution is 5.69. The van der Waals surface area contributed by atoms with Gasteiger partial charge in [0, 0.05) is 12.8 Å². The van der Waals surface area contributed by atoms with Crippen LogP contribution in [-0.2, 0) is 19.1 Å². The van der Waals surface area contributed by atoms with Crippen LogP contribution in [0.25, 0.3) is 0 Å². The van der Waals surface area contributed by atoms with Crippen LogP contribution in [0.4, 0.5) is 0 Å². The molecule has 1 unspecified atom stereocenters. The number of rotatable bonds is 20. The minimum atomic E-state index is -0.0803. The van der Waals surface area contributed by atoms with Crippen molar-refractivity contribution in [3.8, 4) is 0 Å². The van der Waals surface area contributed by atoms with Gasteiger partial charge in [0.25, 0.3) is 0 Å². The Morgan fingerprint density at radius 2 is 0.966 bits per heavy atom. The fourth-order valence-corrected chi connectivity index (χ4v) is 3.87. The number of unbranched alkanes of at least 4 members (excludes halogenated alkanes) is 13. The number of carbonyl (C=O) groups excluding carboxylic acids is 2. The van der Waals surface area contributed by atoms with E-state index in [1.54, 1.807) is 0 Å². The van der Waals surface area contributed by atoms with Crippen molar-refractivity contribution >= 4 is 11.9 Å². The molecule has 0 aromatic rings. The predicted octanol–water partition coefficient (Wildman–Crippen LogP) is 7.24. The molecule has 0 aliphatic heterocycles. The third-order valence-corrected chi connectivity index (χ3v) is 6.03. The summed E-state index contributed by atoms with van der Waals surface area (Å²) in [7, 11) is 2.94. The number of ether oxygens (including phenoxy) is 2. The summed E-state index contributed by atoms with van der Waals surface area (Å²) in [6.07, 6.45) is 20.3. The van der Waals surface area contributed by atoms with Gasteiger partial charge in [-0.2, -0.15) is 0 Å². The first-order valence-electron chi connectivity index (χ1n) is 12.1. The molecule has 29 heavy (non-hydrogen) atoms. The molecule has 0 rings (SSSR count). The summed E-state index contributed by atoms with van der Waals surface area (Å²) in [5.74, 6) is 0.870. The van der Waals surface area contributed by atoms with E-state index in [2.05, 4.69) is 18.6 Å². The summed E-state index contributed by atoms with van der Waals surface area (Å²) >= 11 is 0. The fraction of sp³-hybridized carbons (Fsp3) is 0.920. The standard InChI is InChI=1S/C25H48O4/c1-22(2)23(21-25(27)29-4)19-17-15-13-11-9-7-5-6-8-10-12-14-16-18-20-24(26)28-3/h22-23H,5-21H2,1-4H3. The average Bonchev–Trinajstić information content (AvgIpc) is 2.71. The molecule has 0 heterocycles. The van der Waals surface area contributed by atoms with Crippen molar-refractivity contribution in [3.05, 3.63) is 0 Å². The van der Waals surface area contributed by atoms with Crippen molar-refractivity contribution in [2.24, 2.45) is 11.8 Å². The fourth-order valence-electron chi connectivity index (χ4n) is 3.87. The Morgan fingerprint density at radius 1 is 0.586 bits per heavy atom. The second-order valence-electron chi connectivity index (χ2n) is 8.85. The van der Waals surface area contributed by atoms with Gasteiger partial charge in [-0.1, -0.05) is 97.3 Å². The minimum Gasteiger partial charge on any atom is -0.469 e. The van der Waals surface area contributed by atoms with E-state index in [9.17, 15) is 9.59 Å². The van der Waals surface area contributed by atoms with Gasteiger partial charge < -0.3 is 9.47 Å². The highest BCUT2D eigenvalue weighted by Gasteiger charge is 2.17. The zero-order valence-electron chi connectivity index (χ0n) is 19.8. The van der Waals surface area contributed by atoms with Gasteiger partial charge in [-0.3, -0.25) is 9.59 Å². The SMILES string of the molecule is COC(=O)CCCCCCCCCCCCCCCCC(CC(=O)OC)C(C)C. The van der Waals surface area contributed by atoms with E-state index >= 15 is 0 Å². The number of hydrogen-bond acceptors (Lipinski definition) is 4. The van der Waals surface area contributed by atoms with Crippen molar-refractivity contribution in [2.45, 2.75) is 123 Å². The van der Waals surface area contributed by atoms with Gasteiger partial charge in [-0.05, 0) is 24.7 Å². The highest BCUT2D eigenvalue weighted by Crippen LogP contribution is 2.23. The van der Waals surface area contributed by atoms with Crippen LogP contribution in [0.3, 0.4) is 0 Å². The van der Waals surface area contributed by atoms with Gasteiger partial charge in [0.05, 0.1) is 14.2 Å². The van der Waals surface area contributed by atoms with Gasteiger partial charge in [0.1, 0.15) is 0 Å². The summed E-state index contributed by atoms with van der Waals surface area (Å²) in [6, 6.07) is 0. The quantitative estimate of drug-likeness (QED) is 0.156. The molecule has 0 aliphatic rings. The molecule has 4 heteroatoms. The smallest absolute Gasteiger partial charge is 0.305 e. The molecule has 0 amide bonds. The third-order valence-electron chi connectivity index (χ3n) is 6.03. The van der Waals surface area contributed by atoms with Crippen LogP contribution in [-0.4, -0.2) is 26.2 Å². The number of esters is 2.